The van der Waals surface area contributed by atoms with Crippen molar-refractivity contribution < 1.29 is 10.2 Å². The van der Waals surface area contributed by atoms with Crippen LogP contribution in [0.2, 0.25) is 0 Å². The second-order valence-corrected chi connectivity index (χ2v) is 4.10. The third-order valence-corrected chi connectivity index (χ3v) is 3.05. The van der Waals surface area contributed by atoms with Gasteiger partial charge in [-0.05, 0) is 19.2 Å². The maximum Gasteiger partial charge on any atom is 0.128 e. The minimum atomic E-state index is -0.213. The zero-order chi connectivity index (χ0) is 13.1. The van der Waals surface area contributed by atoms with Crippen molar-refractivity contribution in [3.8, 4) is 17.0 Å². The first kappa shape index (κ1) is 12.6. The number of imidazole rings is 1. The predicted octanol–water partition coefficient (Wildman–Crippen LogP) is 1.05. The molecular formula is C13H17N3O2. The number of aliphatic hydroxyl groups is 1. The van der Waals surface area contributed by atoms with Crippen molar-refractivity contribution in [1.29, 1.82) is 0 Å². The van der Waals surface area contributed by atoms with Crippen LogP contribution in [-0.2, 0) is 7.05 Å². The van der Waals surface area contributed by atoms with Crippen molar-refractivity contribution in [2.75, 3.05) is 13.7 Å². The van der Waals surface area contributed by atoms with Crippen LogP contribution in [0.15, 0.2) is 30.5 Å². The molecule has 2 aromatic rings. The van der Waals surface area contributed by atoms with Gasteiger partial charge < -0.3 is 20.1 Å². The summed E-state index contributed by atoms with van der Waals surface area (Å²) in [7, 11) is 3.64. The third kappa shape index (κ3) is 2.10. The Morgan fingerprint density at radius 3 is 2.72 bits per heavy atom. The standard InChI is InChI=1S/C13H17N3O2/c1-14-10(8-17)13-15-7-11(16(13)2)9-5-3-4-6-12(9)18/h3-7,10,14,17-18H,8H2,1-2H3/t10-/m0/s1. The molecule has 3 N–H and O–H groups in total. The summed E-state index contributed by atoms with van der Waals surface area (Å²) in [6.45, 7) is -0.0262. The molecule has 18 heavy (non-hydrogen) atoms. The van der Waals surface area contributed by atoms with Gasteiger partial charge in [0.2, 0.25) is 0 Å². The molecule has 2 rings (SSSR count). The number of benzene rings is 1. The normalized spacial score (nSPS) is 12.6. The van der Waals surface area contributed by atoms with E-state index in [9.17, 15) is 10.2 Å². The number of hydrogen-bond acceptors (Lipinski definition) is 4. The molecule has 0 spiro atoms. The number of hydrogen-bond donors (Lipinski definition) is 3. The van der Waals surface area contributed by atoms with Crippen LogP contribution in [0.4, 0.5) is 0 Å². The summed E-state index contributed by atoms with van der Waals surface area (Å²) in [5, 5.41) is 22.1. The Labute approximate surface area is 106 Å². The Hall–Kier alpha value is -1.85. The lowest BCUT2D eigenvalue weighted by molar-refractivity contribution is 0.244. The smallest absolute Gasteiger partial charge is 0.128 e. The molecule has 0 aliphatic rings. The summed E-state index contributed by atoms with van der Waals surface area (Å²) in [5.41, 5.74) is 1.54. The highest BCUT2D eigenvalue weighted by molar-refractivity contribution is 5.66. The molecule has 0 radical (unpaired) electrons. The fourth-order valence-electron chi connectivity index (χ4n) is 1.99. The first-order valence-corrected chi connectivity index (χ1v) is 5.77. The summed E-state index contributed by atoms with van der Waals surface area (Å²) < 4.78 is 1.87. The monoisotopic (exact) mass is 247 g/mol. The molecule has 0 amide bonds. The van der Waals surface area contributed by atoms with E-state index in [1.165, 1.54) is 0 Å². The molecular weight excluding hydrogens is 230 g/mol. The van der Waals surface area contributed by atoms with Crippen LogP contribution in [0.1, 0.15) is 11.9 Å². The van der Waals surface area contributed by atoms with Crippen molar-refractivity contribution in [1.82, 2.24) is 14.9 Å². The molecule has 0 saturated heterocycles. The molecule has 1 atom stereocenters. The van der Waals surface area contributed by atoms with Crippen LogP contribution in [0, 0.1) is 0 Å². The van der Waals surface area contributed by atoms with Crippen LogP contribution in [-0.4, -0.2) is 33.4 Å². The number of para-hydroxylation sites is 1. The van der Waals surface area contributed by atoms with Gasteiger partial charge in [-0.2, -0.15) is 0 Å². The van der Waals surface area contributed by atoms with Gasteiger partial charge in [-0.3, -0.25) is 0 Å². The number of nitrogens with one attached hydrogen (secondary N) is 1. The second-order valence-electron chi connectivity index (χ2n) is 4.10. The van der Waals surface area contributed by atoms with Crippen LogP contribution in [0.25, 0.3) is 11.3 Å². The molecule has 0 aliphatic heterocycles. The topological polar surface area (TPSA) is 70.3 Å². The molecule has 1 aromatic heterocycles. The molecule has 0 bridgehead atoms. The quantitative estimate of drug-likeness (QED) is 0.755. The van der Waals surface area contributed by atoms with Crippen LogP contribution >= 0.6 is 0 Å². The Morgan fingerprint density at radius 1 is 1.39 bits per heavy atom. The van der Waals surface area contributed by atoms with Crippen LogP contribution < -0.4 is 5.32 Å². The van der Waals surface area contributed by atoms with Gasteiger partial charge in [0.25, 0.3) is 0 Å². The van der Waals surface area contributed by atoms with Crippen LogP contribution in [0.3, 0.4) is 0 Å². The van der Waals surface area contributed by atoms with E-state index < -0.39 is 0 Å². The molecule has 1 aromatic carbocycles. The number of aromatic nitrogens is 2. The van der Waals surface area contributed by atoms with Crippen molar-refractivity contribution in [2.45, 2.75) is 6.04 Å². The Bertz CT molecular complexity index is 533. The van der Waals surface area contributed by atoms with Gasteiger partial charge in [0.15, 0.2) is 0 Å². The van der Waals surface area contributed by atoms with E-state index in [4.69, 9.17) is 0 Å². The van der Waals surface area contributed by atoms with Gasteiger partial charge in [-0.15, -0.1) is 0 Å². The van der Waals surface area contributed by atoms with Gasteiger partial charge in [0.1, 0.15) is 11.6 Å². The molecule has 96 valence electrons. The van der Waals surface area contributed by atoms with E-state index in [2.05, 4.69) is 10.3 Å². The number of nitrogens with zero attached hydrogens (tertiary/aromatic N) is 2. The van der Waals surface area contributed by atoms with Gasteiger partial charge in [-0.1, -0.05) is 12.1 Å². The number of aromatic hydroxyl groups is 1. The average molecular weight is 247 g/mol. The molecule has 5 heteroatoms. The number of rotatable bonds is 4. The Kier molecular flexibility index (Phi) is 3.64. The Morgan fingerprint density at radius 2 is 2.11 bits per heavy atom. The van der Waals surface area contributed by atoms with Gasteiger partial charge >= 0.3 is 0 Å². The number of phenols is 1. The van der Waals surface area contributed by atoms with Crippen LogP contribution in [0.5, 0.6) is 5.75 Å². The molecule has 1 heterocycles. The van der Waals surface area contributed by atoms with Crippen molar-refractivity contribution in [3.63, 3.8) is 0 Å². The maximum atomic E-state index is 9.84. The fraction of sp³-hybridized carbons (Fsp3) is 0.308. The van der Waals surface area contributed by atoms with E-state index in [0.717, 1.165) is 17.1 Å². The highest BCUT2D eigenvalue weighted by atomic mass is 16.3. The first-order valence-electron chi connectivity index (χ1n) is 5.77. The third-order valence-electron chi connectivity index (χ3n) is 3.05. The van der Waals surface area contributed by atoms with Crippen molar-refractivity contribution in [2.24, 2.45) is 7.05 Å². The predicted molar refractivity (Wildman–Crippen MR) is 69.2 cm³/mol. The fourth-order valence-corrected chi connectivity index (χ4v) is 1.99. The van der Waals surface area contributed by atoms with Crippen molar-refractivity contribution in [3.05, 3.63) is 36.3 Å². The zero-order valence-corrected chi connectivity index (χ0v) is 10.5. The van der Waals surface area contributed by atoms with Crippen molar-refractivity contribution >= 4 is 0 Å². The summed E-state index contributed by atoms with van der Waals surface area (Å²) in [6, 6.07) is 6.91. The van der Waals surface area contributed by atoms with E-state index in [-0.39, 0.29) is 18.4 Å². The maximum absolute atomic E-state index is 9.84. The lowest BCUT2D eigenvalue weighted by Crippen LogP contribution is -2.23. The minimum absolute atomic E-state index is 0.0262. The lowest BCUT2D eigenvalue weighted by atomic mass is 10.1. The molecule has 0 aliphatic carbocycles. The van der Waals surface area contributed by atoms with Gasteiger partial charge in [0, 0.05) is 12.6 Å². The SMILES string of the molecule is CN[C@@H](CO)c1ncc(-c2ccccc2O)n1C. The lowest BCUT2D eigenvalue weighted by Gasteiger charge is -2.14. The highest BCUT2D eigenvalue weighted by Gasteiger charge is 2.17. The van der Waals surface area contributed by atoms with Gasteiger partial charge in [-0.25, -0.2) is 4.98 Å². The summed E-state index contributed by atoms with van der Waals surface area (Å²) >= 11 is 0. The molecule has 0 fully saturated rings. The van der Waals surface area contributed by atoms with E-state index in [1.54, 1.807) is 25.4 Å². The Balaban J connectivity index is 2.46. The summed E-state index contributed by atoms with van der Waals surface area (Å²) in [4.78, 5) is 4.30. The molecule has 0 saturated carbocycles. The van der Waals surface area contributed by atoms with Gasteiger partial charge in [0.05, 0.1) is 24.5 Å². The minimum Gasteiger partial charge on any atom is -0.507 e. The molecule has 5 nitrogen and oxygen atoms in total. The highest BCUT2D eigenvalue weighted by Crippen LogP contribution is 2.29. The summed E-state index contributed by atoms with van der Waals surface area (Å²) in [5.74, 6) is 0.954. The zero-order valence-electron chi connectivity index (χ0n) is 10.5. The summed E-state index contributed by atoms with van der Waals surface area (Å²) in [6.07, 6.45) is 1.70. The molecule has 0 unspecified atom stereocenters. The van der Waals surface area contributed by atoms with E-state index in [0.29, 0.717) is 0 Å². The first-order chi connectivity index (χ1) is 8.69. The number of phenolic OH excluding ortho intramolecular Hbond substituents is 1. The second kappa shape index (κ2) is 5.20. The van der Waals surface area contributed by atoms with E-state index in [1.807, 2.05) is 23.7 Å². The number of likely N-dealkylation sites (N-methyl/N-ethyl adjacent to an activating group) is 1. The average Bonchev–Trinajstić information content (AvgIpc) is 2.74. The number of aliphatic hydroxyl groups excluding tert-OH is 1. The largest absolute Gasteiger partial charge is 0.507 e. The van der Waals surface area contributed by atoms with E-state index >= 15 is 0 Å².